The van der Waals surface area contributed by atoms with Gasteiger partial charge in [0.1, 0.15) is 11.5 Å². The van der Waals surface area contributed by atoms with E-state index in [0.717, 1.165) is 11.3 Å². The van der Waals surface area contributed by atoms with E-state index in [1.807, 2.05) is 19.1 Å². The maximum Gasteiger partial charge on any atom is 0.255 e. The third-order valence-electron chi connectivity index (χ3n) is 3.07. The average molecular weight is 315 g/mol. The van der Waals surface area contributed by atoms with Gasteiger partial charge in [0, 0.05) is 17.4 Å². The predicted octanol–water partition coefficient (Wildman–Crippen LogP) is 2.27. The first-order valence-electron chi connectivity index (χ1n) is 6.40. The van der Waals surface area contributed by atoms with E-state index in [-0.39, 0.29) is 11.1 Å². The van der Waals surface area contributed by atoms with Crippen molar-refractivity contribution in [2.24, 2.45) is 0 Å². The summed E-state index contributed by atoms with van der Waals surface area (Å²) in [5.74, 6) is -0.263. The van der Waals surface area contributed by atoms with Crippen LogP contribution in [0.3, 0.4) is 0 Å². The molecule has 2 aromatic heterocycles. The minimum atomic E-state index is -0.263. The van der Waals surface area contributed by atoms with Crippen LogP contribution in [0.4, 0.5) is 5.69 Å². The molecule has 22 heavy (non-hydrogen) atoms. The zero-order valence-corrected chi connectivity index (χ0v) is 12.3. The molecule has 2 heterocycles. The Bertz CT molecular complexity index is 818. The quantitative estimate of drug-likeness (QED) is 0.749. The summed E-state index contributed by atoms with van der Waals surface area (Å²) in [4.78, 5) is 16.1. The molecular formula is C14H11ClN6O. The van der Waals surface area contributed by atoms with Gasteiger partial charge in [0.05, 0.1) is 5.69 Å². The van der Waals surface area contributed by atoms with E-state index in [1.54, 1.807) is 12.1 Å². The normalized spacial score (nSPS) is 10.5. The molecule has 0 bridgehead atoms. The monoisotopic (exact) mass is 314 g/mol. The van der Waals surface area contributed by atoms with Crippen molar-refractivity contribution in [3.8, 4) is 5.69 Å². The molecule has 0 spiro atoms. The second-order valence-electron chi connectivity index (χ2n) is 4.57. The summed E-state index contributed by atoms with van der Waals surface area (Å²) in [7, 11) is 0. The average Bonchev–Trinajstić information content (AvgIpc) is 3.04. The number of nitrogens with one attached hydrogen (secondary N) is 1. The molecular weight excluding hydrogens is 304 g/mol. The zero-order chi connectivity index (χ0) is 15.5. The van der Waals surface area contributed by atoms with Crippen molar-refractivity contribution in [3.63, 3.8) is 0 Å². The van der Waals surface area contributed by atoms with Crippen LogP contribution >= 0.6 is 11.6 Å². The highest BCUT2D eigenvalue weighted by Crippen LogP contribution is 2.20. The molecule has 3 rings (SSSR count). The van der Waals surface area contributed by atoms with Crippen LogP contribution in [0.1, 0.15) is 15.9 Å². The highest BCUT2D eigenvalue weighted by molar-refractivity contribution is 6.29. The molecule has 1 aromatic carbocycles. The molecule has 0 unspecified atom stereocenters. The molecule has 0 aliphatic rings. The lowest BCUT2D eigenvalue weighted by molar-refractivity contribution is 0.102. The molecule has 1 N–H and O–H groups in total. The fourth-order valence-electron chi connectivity index (χ4n) is 1.90. The van der Waals surface area contributed by atoms with Gasteiger partial charge in [-0.2, -0.15) is 0 Å². The number of carbonyl (C=O) groups is 1. The van der Waals surface area contributed by atoms with E-state index in [0.29, 0.717) is 11.3 Å². The summed E-state index contributed by atoms with van der Waals surface area (Å²) in [6, 6.07) is 8.66. The van der Waals surface area contributed by atoms with E-state index in [1.165, 1.54) is 23.3 Å². The number of hydrogen-bond acceptors (Lipinski definition) is 5. The zero-order valence-electron chi connectivity index (χ0n) is 11.6. The van der Waals surface area contributed by atoms with Crippen molar-refractivity contribution in [2.45, 2.75) is 6.92 Å². The first-order chi connectivity index (χ1) is 10.6. The molecule has 0 saturated carbocycles. The molecule has 0 saturated heterocycles. The van der Waals surface area contributed by atoms with Crippen LogP contribution in [0.2, 0.25) is 5.15 Å². The van der Waals surface area contributed by atoms with Crippen molar-refractivity contribution < 1.29 is 4.79 Å². The Labute approximate surface area is 130 Å². The Morgan fingerprint density at radius 3 is 2.86 bits per heavy atom. The summed E-state index contributed by atoms with van der Waals surface area (Å²) in [5, 5.41) is 14.1. The van der Waals surface area contributed by atoms with Crippen LogP contribution in [-0.2, 0) is 0 Å². The van der Waals surface area contributed by atoms with Crippen LogP contribution in [-0.4, -0.2) is 31.1 Å². The van der Waals surface area contributed by atoms with Crippen molar-refractivity contribution in [1.29, 1.82) is 0 Å². The molecule has 0 aliphatic carbocycles. The molecule has 0 atom stereocenters. The maximum absolute atomic E-state index is 12.3. The van der Waals surface area contributed by atoms with Crippen molar-refractivity contribution in [3.05, 3.63) is 59.1 Å². The van der Waals surface area contributed by atoms with Gasteiger partial charge in [-0.3, -0.25) is 4.79 Å². The molecule has 0 aliphatic heterocycles. The van der Waals surface area contributed by atoms with E-state index in [9.17, 15) is 4.79 Å². The third kappa shape index (κ3) is 2.94. The van der Waals surface area contributed by atoms with Crippen LogP contribution in [0.5, 0.6) is 0 Å². The smallest absolute Gasteiger partial charge is 0.255 e. The largest absolute Gasteiger partial charge is 0.322 e. The first-order valence-corrected chi connectivity index (χ1v) is 6.78. The molecule has 110 valence electrons. The van der Waals surface area contributed by atoms with Crippen LogP contribution in [0, 0.1) is 6.92 Å². The van der Waals surface area contributed by atoms with Crippen molar-refractivity contribution in [1.82, 2.24) is 25.2 Å². The maximum atomic E-state index is 12.3. The lowest BCUT2D eigenvalue weighted by atomic mass is 10.1. The fourth-order valence-corrected chi connectivity index (χ4v) is 2.08. The topological polar surface area (TPSA) is 85.6 Å². The van der Waals surface area contributed by atoms with Crippen molar-refractivity contribution in [2.75, 3.05) is 5.32 Å². The second-order valence-corrected chi connectivity index (χ2v) is 4.96. The number of aryl methyl sites for hydroxylation is 1. The van der Waals surface area contributed by atoms with Crippen molar-refractivity contribution >= 4 is 23.2 Å². The number of tetrazole rings is 1. The van der Waals surface area contributed by atoms with E-state index in [4.69, 9.17) is 11.6 Å². The minimum absolute atomic E-state index is 0.263. The van der Waals surface area contributed by atoms with Gasteiger partial charge in [0.2, 0.25) is 0 Å². The van der Waals surface area contributed by atoms with Crippen LogP contribution in [0.25, 0.3) is 5.69 Å². The number of nitrogens with zero attached hydrogens (tertiary/aromatic N) is 5. The number of aromatic nitrogens is 5. The van der Waals surface area contributed by atoms with Crippen LogP contribution < -0.4 is 5.32 Å². The van der Waals surface area contributed by atoms with Gasteiger partial charge in [-0.05, 0) is 47.2 Å². The number of hydrogen-bond donors (Lipinski definition) is 1. The predicted molar refractivity (Wildman–Crippen MR) is 81.1 cm³/mol. The van der Waals surface area contributed by atoms with Crippen LogP contribution in [0.15, 0.2) is 42.9 Å². The number of pyridine rings is 1. The Morgan fingerprint density at radius 2 is 2.14 bits per heavy atom. The van der Waals surface area contributed by atoms with Gasteiger partial charge in [-0.15, -0.1) is 5.10 Å². The molecule has 7 nitrogen and oxygen atoms in total. The Kier molecular flexibility index (Phi) is 3.80. The van der Waals surface area contributed by atoms with Gasteiger partial charge in [-0.1, -0.05) is 17.7 Å². The van der Waals surface area contributed by atoms with Gasteiger partial charge < -0.3 is 5.32 Å². The summed E-state index contributed by atoms with van der Waals surface area (Å²) in [6.07, 6.45) is 2.97. The second kappa shape index (κ2) is 5.90. The standard InChI is InChI=1S/C14H11ClN6O/c1-9-2-3-11(21-8-17-19-20-21)7-12(9)18-14(22)10-4-5-16-13(15)6-10/h2-8H,1H3,(H,18,22). The number of rotatable bonds is 3. The summed E-state index contributed by atoms with van der Waals surface area (Å²) < 4.78 is 1.51. The highest BCUT2D eigenvalue weighted by atomic mass is 35.5. The first kappa shape index (κ1) is 14.2. The summed E-state index contributed by atoms with van der Waals surface area (Å²) in [6.45, 7) is 1.90. The minimum Gasteiger partial charge on any atom is -0.322 e. The summed E-state index contributed by atoms with van der Waals surface area (Å²) in [5.41, 5.74) is 2.78. The summed E-state index contributed by atoms with van der Waals surface area (Å²) >= 11 is 5.80. The number of anilines is 1. The third-order valence-corrected chi connectivity index (χ3v) is 3.28. The van der Waals surface area contributed by atoms with Gasteiger partial charge in [0.25, 0.3) is 5.91 Å². The number of amides is 1. The van der Waals surface area contributed by atoms with E-state index >= 15 is 0 Å². The number of benzene rings is 1. The lowest BCUT2D eigenvalue weighted by Gasteiger charge is -2.10. The molecule has 1 amide bonds. The van der Waals surface area contributed by atoms with E-state index < -0.39 is 0 Å². The van der Waals surface area contributed by atoms with Gasteiger partial charge in [-0.25, -0.2) is 9.67 Å². The molecule has 8 heteroatoms. The highest BCUT2D eigenvalue weighted by Gasteiger charge is 2.10. The fraction of sp³-hybridized carbons (Fsp3) is 0.0714. The number of carbonyl (C=O) groups excluding carboxylic acids is 1. The SMILES string of the molecule is Cc1ccc(-n2cnnn2)cc1NC(=O)c1ccnc(Cl)c1. The molecule has 3 aromatic rings. The molecule has 0 fully saturated rings. The Morgan fingerprint density at radius 1 is 1.27 bits per heavy atom. The number of halogens is 1. The Hall–Kier alpha value is -2.80. The van der Waals surface area contributed by atoms with Gasteiger partial charge >= 0.3 is 0 Å². The lowest BCUT2D eigenvalue weighted by Crippen LogP contribution is -2.13. The van der Waals surface area contributed by atoms with E-state index in [2.05, 4.69) is 25.8 Å². The van der Waals surface area contributed by atoms with Gasteiger partial charge in [0.15, 0.2) is 0 Å². The molecule has 0 radical (unpaired) electrons. The Balaban J connectivity index is 1.88.